The summed E-state index contributed by atoms with van der Waals surface area (Å²) < 4.78 is 5.67. The minimum atomic E-state index is 0.00186. The summed E-state index contributed by atoms with van der Waals surface area (Å²) >= 11 is 5.55. The molecular weight excluding hydrogens is 296 g/mol. The summed E-state index contributed by atoms with van der Waals surface area (Å²) in [6.07, 6.45) is 3.51. The summed E-state index contributed by atoms with van der Waals surface area (Å²) in [5.41, 5.74) is 0.971. The van der Waals surface area contributed by atoms with Gasteiger partial charge in [0.25, 0.3) is 0 Å². The molecule has 0 amide bonds. The Balaban J connectivity index is 1.92. The van der Waals surface area contributed by atoms with Gasteiger partial charge in [-0.2, -0.15) is 0 Å². The van der Waals surface area contributed by atoms with E-state index in [-0.39, 0.29) is 12.1 Å². The molecule has 0 aliphatic carbocycles. The molecule has 1 aliphatic rings. The fourth-order valence-electron chi connectivity index (χ4n) is 2.72. The van der Waals surface area contributed by atoms with Gasteiger partial charge < -0.3 is 19.5 Å². The fourth-order valence-corrected chi connectivity index (χ4v) is 3.05. The maximum atomic E-state index is 5.67. The van der Waals surface area contributed by atoms with E-state index in [4.69, 9.17) is 16.6 Å². The number of thiocarbonyl (C=S) groups is 1. The van der Waals surface area contributed by atoms with Crippen LogP contribution in [-0.4, -0.2) is 47.1 Å². The Morgan fingerprint density at radius 3 is 2.82 bits per heavy atom. The Kier molecular flexibility index (Phi) is 4.40. The number of furan rings is 1. The molecule has 6 heteroatoms. The number of nitrogens with zero attached hydrogens (tertiary/aromatic N) is 3. The first kappa shape index (κ1) is 15.0. The Morgan fingerprint density at radius 1 is 1.32 bits per heavy atom. The van der Waals surface area contributed by atoms with Crippen LogP contribution in [0.4, 0.5) is 0 Å². The third kappa shape index (κ3) is 2.98. The van der Waals surface area contributed by atoms with Crippen molar-refractivity contribution in [3.05, 3.63) is 54.2 Å². The maximum absolute atomic E-state index is 5.67. The van der Waals surface area contributed by atoms with Gasteiger partial charge in [-0.05, 0) is 50.6 Å². The van der Waals surface area contributed by atoms with E-state index in [9.17, 15) is 0 Å². The Labute approximate surface area is 135 Å². The number of likely N-dealkylation sites (N-methyl/N-ethyl adjacent to an activating group) is 1. The predicted molar refractivity (Wildman–Crippen MR) is 89.4 cm³/mol. The monoisotopic (exact) mass is 316 g/mol. The predicted octanol–water partition coefficient (Wildman–Crippen LogP) is 2.21. The quantitative estimate of drug-likeness (QED) is 0.853. The lowest BCUT2D eigenvalue weighted by molar-refractivity contribution is 0.248. The highest BCUT2D eigenvalue weighted by atomic mass is 32.1. The second kappa shape index (κ2) is 6.46. The van der Waals surface area contributed by atoms with Gasteiger partial charge in [0, 0.05) is 19.3 Å². The molecule has 1 saturated heterocycles. The molecule has 5 nitrogen and oxygen atoms in total. The van der Waals surface area contributed by atoms with E-state index in [0.717, 1.165) is 29.7 Å². The molecule has 2 aromatic heterocycles. The minimum absolute atomic E-state index is 0.00186. The smallest absolute Gasteiger partial charge is 0.170 e. The fraction of sp³-hybridized carbons (Fsp3) is 0.375. The van der Waals surface area contributed by atoms with Gasteiger partial charge in [0.05, 0.1) is 18.0 Å². The van der Waals surface area contributed by atoms with Gasteiger partial charge in [0.1, 0.15) is 11.8 Å². The normalized spacial score (nSPS) is 21.4. The number of hydrogen-bond donors (Lipinski definition) is 1. The van der Waals surface area contributed by atoms with Crippen LogP contribution in [0.5, 0.6) is 0 Å². The van der Waals surface area contributed by atoms with Crippen LogP contribution in [-0.2, 0) is 0 Å². The third-order valence-electron chi connectivity index (χ3n) is 3.82. The summed E-state index contributed by atoms with van der Waals surface area (Å²) in [5, 5.41) is 4.15. The van der Waals surface area contributed by atoms with E-state index in [2.05, 4.69) is 34.2 Å². The molecule has 2 aromatic rings. The van der Waals surface area contributed by atoms with Gasteiger partial charge >= 0.3 is 0 Å². The molecule has 116 valence electrons. The van der Waals surface area contributed by atoms with Gasteiger partial charge in [-0.3, -0.25) is 4.98 Å². The average molecular weight is 316 g/mol. The summed E-state index contributed by atoms with van der Waals surface area (Å²) in [4.78, 5) is 8.82. The third-order valence-corrected chi connectivity index (χ3v) is 4.17. The van der Waals surface area contributed by atoms with Gasteiger partial charge in [0.2, 0.25) is 0 Å². The standard InChI is InChI=1S/C16H20N4OS/c1-19(2)9-10-20-15(13-7-5-11-21-13)14(18-16(20)22)12-6-3-4-8-17-12/h3-8,11,14-15H,9-10H2,1-2H3,(H,18,22). The summed E-state index contributed by atoms with van der Waals surface area (Å²) in [7, 11) is 4.12. The molecule has 0 radical (unpaired) electrons. The van der Waals surface area contributed by atoms with E-state index < -0.39 is 0 Å². The van der Waals surface area contributed by atoms with E-state index in [0.29, 0.717) is 0 Å². The van der Waals surface area contributed by atoms with Gasteiger partial charge in [-0.25, -0.2) is 0 Å². The Hall–Kier alpha value is -1.92. The number of nitrogens with one attached hydrogen (secondary N) is 1. The lowest BCUT2D eigenvalue weighted by Crippen LogP contribution is -2.35. The molecular formula is C16H20N4OS. The molecule has 0 spiro atoms. The molecule has 0 saturated carbocycles. The van der Waals surface area contributed by atoms with Crippen molar-refractivity contribution in [3.8, 4) is 0 Å². The van der Waals surface area contributed by atoms with Crippen molar-refractivity contribution in [2.75, 3.05) is 27.2 Å². The molecule has 3 heterocycles. The van der Waals surface area contributed by atoms with Gasteiger partial charge in [-0.1, -0.05) is 6.07 Å². The summed E-state index contributed by atoms with van der Waals surface area (Å²) in [6, 6.07) is 9.87. The molecule has 3 rings (SSSR count). The zero-order chi connectivity index (χ0) is 15.5. The molecule has 1 N–H and O–H groups in total. The molecule has 2 atom stereocenters. The number of rotatable bonds is 5. The minimum Gasteiger partial charge on any atom is -0.467 e. The number of aromatic nitrogens is 1. The highest BCUT2D eigenvalue weighted by molar-refractivity contribution is 7.80. The Morgan fingerprint density at radius 2 is 2.18 bits per heavy atom. The molecule has 0 bridgehead atoms. The van der Waals surface area contributed by atoms with Crippen molar-refractivity contribution in [3.63, 3.8) is 0 Å². The summed E-state index contributed by atoms with van der Waals surface area (Å²) in [5.74, 6) is 0.904. The van der Waals surface area contributed by atoms with E-state index in [1.165, 1.54) is 0 Å². The first-order valence-electron chi connectivity index (χ1n) is 7.33. The first-order chi connectivity index (χ1) is 10.7. The van der Waals surface area contributed by atoms with E-state index in [1.54, 1.807) is 6.26 Å². The zero-order valence-corrected chi connectivity index (χ0v) is 13.6. The molecule has 2 unspecified atom stereocenters. The van der Waals surface area contributed by atoms with Crippen LogP contribution in [0.1, 0.15) is 23.5 Å². The lowest BCUT2D eigenvalue weighted by Gasteiger charge is -2.27. The summed E-state index contributed by atoms with van der Waals surface area (Å²) in [6.45, 7) is 1.77. The van der Waals surface area contributed by atoms with Crippen LogP contribution >= 0.6 is 12.2 Å². The van der Waals surface area contributed by atoms with Crippen LogP contribution in [0.3, 0.4) is 0 Å². The van der Waals surface area contributed by atoms with E-state index >= 15 is 0 Å². The molecule has 22 heavy (non-hydrogen) atoms. The number of pyridine rings is 1. The zero-order valence-electron chi connectivity index (χ0n) is 12.8. The average Bonchev–Trinajstić information content (AvgIpc) is 3.13. The molecule has 0 aromatic carbocycles. The van der Waals surface area contributed by atoms with Crippen LogP contribution < -0.4 is 5.32 Å². The molecule has 1 aliphatic heterocycles. The van der Waals surface area contributed by atoms with Crippen LogP contribution in [0.25, 0.3) is 0 Å². The van der Waals surface area contributed by atoms with Crippen molar-refractivity contribution in [2.24, 2.45) is 0 Å². The SMILES string of the molecule is CN(C)CCN1C(=S)NC(c2ccccn2)C1c1ccco1. The molecule has 1 fully saturated rings. The Bertz CT molecular complexity index is 614. The highest BCUT2D eigenvalue weighted by Crippen LogP contribution is 2.38. The van der Waals surface area contributed by atoms with Crippen LogP contribution in [0, 0.1) is 0 Å². The van der Waals surface area contributed by atoms with Gasteiger partial charge in [-0.15, -0.1) is 0 Å². The highest BCUT2D eigenvalue weighted by Gasteiger charge is 2.41. The largest absolute Gasteiger partial charge is 0.467 e. The van der Waals surface area contributed by atoms with Crippen molar-refractivity contribution in [1.29, 1.82) is 0 Å². The number of hydrogen-bond acceptors (Lipinski definition) is 4. The van der Waals surface area contributed by atoms with Crippen LogP contribution in [0.15, 0.2) is 47.2 Å². The van der Waals surface area contributed by atoms with Crippen molar-refractivity contribution in [2.45, 2.75) is 12.1 Å². The maximum Gasteiger partial charge on any atom is 0.170 e. The van der Waals surface area contributed by atoms with Crippen molar-refractivity contribution in [1.82, 2.24) is 20.1 Å². The van der Waals surface area contributed by atoms with Crippen LogP contribution in [0.2, 0.25) is 0 Å². The topological polar surface area (TPSA) is 44.5 Å². The second-order valence-corrected chi connectivity index (χ2v) is 6.03. The van der Waals surface area contributed by atoms with Gasteiger partial charge in [0.15, 0.2) is 5.11 Å². The van der Waals surface area contributed by atoms with E-state index in [1.807, 2.05) is 36.5 Å². The second-order valence-electron chi connectivity index (χ2n) is 5.64. The van der Waals surface area contributed by atoms with Crippen molar-refractivity contribution < 1.29 is 4.42 Å². The lowest BCUT2D eigenvalue weighted by atomic mass is 10.0. The first-order valence-corrected chi connectivity index (χ1v) is 7.74. The van der Waals surface area contributed by atoms with Crippen molar-refractivity contribution >= 4 is 17.3 Å².